The Labute approximate surface area is 162 Å². The molecule has 0 aliphatic carbocycles. The molecule has 0 unspecified atom stereocenters. The van der Waals surface area contributed by atoms with E-state index in [-0.39, 0.29) is 22.3 Å². The number of sulfone groups is 1. The van der Waals surface area contributed by atoms with Crippen LogP contribution in [0.1, 0.15) is 22.5 Å². The number of rotatable bonds is 3. The first-order chi connectivity index (χ1) is 13.3. The number of amides is 1. The van der Waals surface area contributed by atoms with E-state index in [2.05, 4.69) is 5.10 Å². The summed E-state index contributed by atoms with van der Waals surface area (Å²) in [7, 11) is -3.31. The maximum absolute atomic E-state index is 13.4. The van der Waals surface area contributed by atoms with E-state index in [0.29, 0.717) is 24.3 Å². The van der Waals surface area contributed by atoms with Crippen molar-refractivity contribution in [1.29, 1.82) is 0 Å². The Morgan fingerprint density at radius 3 is 2.71 bits per heavy atom. The van der Waals surface area contributed by atoms with E-state index in [0.717, 1.165) is 12.0 Å². The predicted molar refractivity (Wildman–Crippen MR) is 103 cm³/mol. The summed E-state index contributed by atoms with van der Waals surface area (Å²) in [6.45, 7) is 0.525. The summed E-state index contributed by atoms with van der Waals surface area (Å²) in [4.78, 5) is 14.9. The molecule has 0 atom stereocenters. The molecule has 3 aromatic rings. The zero-order chi connectivity index (χ0) is 19.9. The molecule has 0 saturated heterocycles. The van der Waals surface area contributed by atoms with Gasteiger partial charge in [0.2, 0.25) is 0 Å². The van der Waals surface area contributed by atoms with Gasteiger partial charge >= 0.3 is 0 Å². The zero-order valence-corrected chi connectivity index (χ0v) is 16.0. The quantitative estimate of drug-likeness (QED) is 0.679. The van der Waals surface area contributed by atoms with Gasteiger partial charge in [-0.05, 0) is 60.9 Å². The van der Waals surface area contributed by atoms with E-state index in [1.165, 1.54) is 29.1 Å². The lowest BCUT2D eigenvalue weighted by Crippen LogP contribution is -2.35. The van der Waals surface area contributed by atoms with Gasteiger partial charge in [-0.15, -0.1) is 0 Å². The lowest BCUT2D eigenvalue weighted by atomic mass is 10.0. The molecule has 4 rings (SSSR count). The smallest absolute Gasteiger partial charge is 0.278 e. The number of halogens is 1. The maximum Gasteiger partial charge on any atom is 0.278 e. The van der Waals surface area contributed by atoms with Crippen molar-refractivity contribution in [3.05, 3.63) is 71.8 Å². The second-order valence-corrected chi connectivity index (χ2v) is 8.76. The monoisotopic (exact) mass is 399 g/mol. The normalized spacial score (nSPS) is 14.0. The van der Waals surface area contributed by atoms with Gasteiger partial charge in [0, 0.05) is 24.7 Å². The third-order valence-corrected chi connectivity index (χ3v) is 5.83. The minimum Gasteiger partial charge on any atom is -0.307 e. The molecule has 1 aliphatic rings. The predicted octanol–water partition coefficient (Wildman–Crippen LogP) is 3.01. The second kappa shape index (κ2) is 6.87. The number of benzene rings is 2. The first-order valence-electron chi connectivity index (χ1n) is 8.79. The summed E-state index contributed by atoms with van der Waals surface area (Å²) in [6.07, 6.45) is 4.22. The number of hydrogen-bond donors (Lipinski definition) is 0. The highest BCUT2D eigenvalue weighted by molar-refractivity contribution is 7.90. The van der Waals surface area contributed by atoms with Gasteiger partial charge in [-0.3, -0.25) is 4.79 Å². The van der Waals surface area contributed by atoms with Gasteiger partial charge in [0.1, 0.15) is 5.82 Å². The molecular weight excluding hydrogens is 381 g/mol. The Kier molecular flexibility index (Phi) is 4.50. The van der Waals surface area contributed by atoms with Crippen LogP contribution in [0.4, 0.5) is 10.1 Å². The fourth-order valence-corrected chi connectivity index (χ4v) is 4.03. The van der Waals surface area contributed by atoms with E-state index >= 15 is 0 Å². The van der Waals surface area contributed by atoms with Crippen molar-refractivity contribution in [3.8, 4) is 5.69 Å². The molecule has 0 saturated carbocycles. The van der Waals surface area contributed by atoms with E-state index in [1.807, 2.05) is 0 Å². The summed E-state index contributed by atoms with van der Waals surface area (Å²) in [6, 6.07) is 12.4. The van der Waals surface area contributed by atoms with Crippen LogP contribution in [0.15, 0.2) is 59.6 Å². The maximum atomic E-state index is 13.4. The Morgan fingerprint density at radius 2 is 1.96 bits per heavy atom. The Hall–Kier alpha value is -3.00. The fraction of sp³-hybridized carbons (Fsp3) is 0.200. The van der Waals surface area contributed by atoms with Gasteiger partial charge in [0.05, 0.1) is 10.6 Å². The summed E-state index contributed by atoms with van der Waals surface area (Å²) in [5.74, 6) is -0.657. The summed E-state index contributed by atoms with van der Waals surface area (Å²) in [5, 5.41) is 4.29. The Morgan fingerprint density at radius 1 is 1.14 bits per heavy atom. The van der Waals surface area contributed by atoms with Crippen LogP contribution in [-0.4, -0.2) is 36.9 Å². The van der Waals surface area contributed by atoms with Crippen molar-refractivity contribution in [2.45, 2.75) is 17.7 Å². The molecule has 2 aromatic carbocycles. The van der Waals surface area contributed by atoms with E-state index in [4.69, 9.17) is 0 Å². The SMILES string of the molecule is CS(=O)(=O)c1ccc2c(c1)CCCN2C(=O)c1ccn(-c2cccc(F)c2)n1. The Bertz CT molecular complexity index is 1170. The molecule has 0 radical (unpaired) electrons. The van der Waals surface area contributed by atoms with Gasteiger partial charge < -0.3 is 4.90 Å². The number of anilines is 1. The molecule has 1 amide bonds. The molecular formula is C20H18FN3O3S. The van der Waals surface area contributed by atoms with Gasteiger partial charge in [-0.2, -0.15) is 5.10 Å². The average Bonchev–Trinajstić information content (AvgIpc) is 3.16. The van der Waals surface area contributed by atoms with Crippen molar-refractivity contribution >= 4 is 21.4 Å². The molecule has 1 aliphatic heterocycles. The van der Waals surface area contributed by atoms with Crippen LogP contribution in [0.25, 0.3) is 5.69 Å². The number of aryl methyl sites for hydroxylation is 1. The number of hydrogen-bond acceptors (Lipinski definition) is 4. The molecule has 0 bridgehead atoms. The number of carbonyl (C=O) groups is 1. The molecule has 2 heterocycles. The lowest BCUT2D eigenvalue weighted by Gasteiger charge is -2.29. The van der Waals surface area contributed by atoms with Gasteiger partial charge in [-0.25, -0.2) is 17.5 Å². The molecule has 1 aromatic heterocycles. The molecule has 6 nitrogen and oxygen atoms in total. The van der Waals surface area contributed by atoms with Crippen LogP contribution in [-0.2, 0) is 16.3 Å². The van der Waals surface area contributed by atoms with Crippen molar-refractivity contribution < 1.29 is 17.6 Å². The first kappa shape index (κ1) is 18.4. The fourth-order valence-electron chi connectivity index (χ4n) is 3.35. The summed E-state index contributed by atoms with van der Waals surface area (Å²) in [5.41, 5.74) is 2.29. The second-order valence-electron chi connectivity index (χ2n) is 6.75. The van der Waals surface area contributed by atoms with Gasteiger partial charge in [0.25, 0.3) is 5.91 Å². The molecule has 144 valence electrons. The molecule has 8 heteroatoms. The van der Waals surface area contributed by atoms with Crippen LogP contribution in [0.3, 0.4) is 0 Å². The number of aromatic nitrogens is 2. The van der Waals surface area contributed by atoms with Crippen molar-refractivity contribution in [2.24, 2.45) is 0 Å². The van der Waals surface area contributed by atoms with Crippen molar-refractivity contribution in [3.63, 3.8) is 0 Å². The first-order valence-corrected chi connectivity index (χ1v) is 10.7. The number of carbonyl (C=O) groups excluding carboxylic acids is 1. The molecule has 28 heavy (non-hydrogen) atoms. The highest BCUT2D eigenvalue weighted by atomic mass is 32.2. The molecule has 0 fully saturated rings. The van der Waals surface area contributed by atoms with Crippen LogP contribution >= 0.6 is 0 Å². The zero-order valence-electron chi connectivity index (χ0n) is 15.2. The lowest BCUT2D eigenvalue weighted by molar-refractivity contribution is 0.0980. The van der Waals surface area contributed by atoms with Crippen molar-refractivity contribution in [2.75, 3.05) is 17.7 Å². The van der Waals surface area contributed by atoms with Gasteiger partial charge in [0.15, 0.2) is 15.5 Å². The topological polar surface area (TPSA) is 72.3 Å². The van der Waals surface area contributed by atoms with Crippen LogP contribution in [0.5, 0.6) is 0 Å². The van der Waals surface area contributed by atoms with E-state index in [1.54, 1.807) is 41.4 Å². The van der Waals surface area contributed by atoms with Crippen molar-refractivity contribution in [1.82, 2.24) is 9.78 Å². The standard InChI is InChI=1S/C20H18FN3O3S/c1-28(26,27)17-7-8-19-14(12-17)4-3-10-23(19)20(25)18-9-11-24(22-18)16-6-2-5-15(21)13-16/h2,5-9,11-13H,3-4,10H2,1H3. The highest BCUT2D eigenvalue weighted by Gasteiger charge is 2.26. The minimum atomic E-state index is -3.31. The van der Waals surface area contributed by atoms with Crippen LogP contribution < -0.4 is 4.90 Å². The molecule has 0 N–H and O–H groups in total. The largest absolute Gasteiger partial charge is 0.307 e. The third kappa shape index (κ3) is 3.43. The summed E-state index contributed by atoms with van der Waals surface area (Å²) >= 11 is 0. The highest BCUT2D eigenvalue weighted by Crippen LogP contribution is 2.30. The van der Waals surface area contributed by atoms with Crippen LogP contribution in [0.2, 0.25) is 0 Å². The van der Waals surface area contributed by atoms with E-state index in [9.17, 15) is 17.6 Å². The Balaban J connectivity index is 1.65. The minimum absolute atomic E-state index is 0.240. The molecule has 0 spiro atoms. The van der Waals surface area contributed by atoms with E-state index < -0.39 is 9.84 Å². The number of nitrogens with zero attached hydrogens (tertiary/aromatic N) is 3. The van der Waals surface area contributed by atoms with Crippen LogP contribution in [0, 0.1) is 5.82 Å². The third-order valence-electron chi connectivity index (χ3n) is 4.72. The van der Waals surface area contributed by atoms with Gasteiger partial charge in [-0.1, -0.05) is 6.07 Å². The summed E-state index contributed by atoms with van der Waals surface area (Å²) < 4.78 is 38.5. The average molecular weight is 399 g/mol. The number of fused-ring (bicyclic) bond motifs is 1.